The van der Waals surface area contributed by atoms with Crippen LogP contribution in [0.3, 0.4) is 0 Å². The zero-order chi connectivity index (χ0) is 17.4. The highest BCUT2D eigenvalue weighted by Gasteiger charge is 2.36. The summed E-state index contributed by atoms with van der Waals surface area (Å²) >= 11 is 0. The number of benzene rings is 2. The highest BCUT2D eigenvalue weighted by Crippen LogP contribution is 2.30. The summed E-state index contributed by atoms with van der Waals surface area (Å²) in [5.41, 5.74) is 1.49. The van der Waals surface area contributed by atoms with E-state index in [4.69, 9.17) is 4.42 Å². The Bertz CT molecular complexity index is 978. The SMILES string of the molecule is O=C(Nc1ccc2c(c1)C(=O)N(c1ccccc1)C2=O)c1ccco1. The molecule has 2 heterocycles. The Labute approximate surface area is 142 Å². The molecule has 0 spiro atoms. The Hall–Kier alpha value is -3.67. The maximum absolute atomic E-state index is 12.6. The summed E-state index contributed by atoms with van der Waals surface area (Å²) in [4.78, 5) is 38.3. The highest BCUT2D eigenvalue weighted by molar-refractivity contribution is 6.34. The first-order valence-corrected chi connectivity index (χ1v) is 7.58. The number of amides is 3. The molecule has 0 saturated heterocycles. The van der Waals surface area contributed by atoms with Crippen molar-refractivity contribution in [3.63, 3.8) is 0 Å². The fourth-order valence-electron chi connectivity index (χ4n) is 2.73. The molecule has 1 aliphatic heterocycles. The first-order valence-electron chi connectivity index (χ1n) is 7.58. The molecular formula is C19H12N2O4. The van der Waals surface area contributed by atoms with Gasteiger partial charge in [-0.25, -0.2) is 4.90 Å². The molecule has 3 amide bonds. The molecule has 0 radical (unpaired) electrons. The summed E-state index contributed by atoms with van der Waals surface area (Å²) in [5.74, 6) is -1.06. The van der Waals surface area contributed by atoms with E-state index in [2.05, 4.69) is 5.32 Å². The number of carbonyl (C=O) groups is 3. The quantitative estimate of drug-likeness (QED) is 0.746. The van der Waals surface area contributed by atoms with Gasteiger partial charge in [0.25, 0.3) is 17.7 Å². The van der Waals surface area contributed by atoms with Crippen molar-refractivity contribution in [2.24, 2.45) is 0 Å². The van der Waals surface area contributed by atoms with Gasteiger partial charge in [0.15, 0.2) is 5.76 Å². The number of para-hydroxylation sites is 1. The number of carbonyl (C=O) groups excluding carboxylic acids is 3. The molecule has 6 heteroatoms. The van der Waals surface area contributed by atoms with Gasteiger partial charge < -0.3 is 9.73 Å². The average Bonchev–Trinajstić information content (AvgIpc) is 3.24. The lowest BCUT2D eigenvalue weighted by atomic mass is 10.1. The van der Waals surface area contributed by atoms with Crippen molar-refractivity contribution in [1.29, 1.82) is 0 Å². The summed E-state index contributed by atoms with van der Waals surface area (Å²) < 4.78 is 5.03. The van der Waals surface area contributed by atoms with E-state index in [9.17, 15) is 14.4 Å². The number of anilines is 2. The van der Waals surface area contributed by atoms with Gasteiger partial charge in [-0.1, -0.05) is 18.2 Å². The van der Waals surface area contributed by atoms with Crippen LogP contribution in [0.25, 0.3) is 0 Å². The van der Waals surface area contributed by atoms with E-state index in [0.717, 1.165) is 4.90 Å². The largest absolute Gasteiger partial charge is 0.459 e. The van der Waals surface area contributed by atoms with Crippen molar-refractivity contribution in [1.82, 2.24) is 0 Å². The maximum Gasteiger partial charge on any atom is 0.291 e. The van der Waals surface area contributed by atoms with Gasteiger partial charge in [0.1, 0.15) is 0 Å². The molecular weight excluding hydrogens is 320 g/mol. The molecule has 122 valence electrons. The average molecular weight is 332 g/mol. The van der Waals surface area contributed by atoms with E-state index in [1.54, 1.807) is 36.4 Å². The van der Waals surface area contributed by atoms with Crippen LogP contribution in [-0.4, -0.2) is 17.7 Å². The Morgan fingerprint density at radius 1 is 0.880 bits per heavy atom. The van der Waals surface area contributed by atoms with Gasteiger partial charge in [-0.3, -0.25) is 14.4 Å². The van der Waals surface area contributed by atoms with Gasteiger partial charge in [-0.05, 0) is 42.5 Å². The van der Waals surface area contributed by atoms with Crippen LogP contribution in [0.15, 0.2) is 71.3 Å². The lowest BCUT2D eigenvalue weighted by molar-refractivity contribution is 0.0924. The number of furan rings is 1. The summed E-state index contributed by atoms with van der Waals surface area (Å²) in [6.07, 6.45) is 1.40. The number of hydrogen-bond donors (Lipinski definition) is 1. The van der Waals surface area contributed by atoms with Crippen LogP contribution in [0.4, 0.5) is 11.4 Å². The van der Waals surface area contributed by atoms with Crippen molar-refractivity contribution in [2.45, 2.75) is 0 Å². The zero-order valence-electron chi connectivity index (χ0n) is 12.9. The van der Waals surface area contributed by atoms with Crippen LogP contribution in [-0.2, 0) is 0 Å². The minimum Gasteiger partial charge on any atom is -0.459 e. The molecule has 1 aliphatic rings. The summed E-state index contributed by atoms with van der Waals surface area (Å²) in [7, 11) is 0. The standard InChI is InChI=1S/C19H12N2O4/c22-17(16-7-4-10-25-16)20-12-8-9-14-15(11-12)19(24)21(18(14)23)13-5-2-1-3-6-13/h1-11H,(H,20,22). The molecule has 6 nitrogen and oxygen atoms in total. The number of hydrogen-bond acceptors (Lipinski definition) is 4. The van der Waals surface area contributed by atoms with Gasteiger partial charge in [-0.15, -0.1) is 0 Å². The normalized spacial score (nSPS) is 13.0. The fourth-order valence-corrected chi connectivity index (χ4v) is 2.73. The van der Waals surface area contributed by atoms with Crippen molar-refractivity contribution in [2.75, 3.05) is 10.2 Å². The first-order chi connectivity index (χ1) is 12.1. The first kappa shape index (κ1) is 14.9. The molecule has 0 unspecified atom stereocenters. The van der Waals surface area contributed by atoms with Gasteiger partial charge >= 0.3 is 0 Å². The minimum absolute atomic E-state index is 0.161. The van der Waals surface area contributed by atoms with Crippen LogP contribution in [0.2, 0.25) is 0 Å². The lowest BCUT2D eigenvalue weighted by Crippen LogP contribution is -2.29. The number of nitrogens with zero attached hydrogens (tertiary/aromatic N) is 1. The predicted molar refractivity (Wildman–Crippen MR) is 90.7 cm³/mol. The van der Waals surface area contributed by atoms with E-state index in [-0.39, 0.29) is 17.2 Å². The van der Waals surface area contributed by atoms with Crippen molar-refractivity contribution in [3.8, 4) is 0 Å². The van der Waals surface area contributed by atoms with E-state index in [0.29, 0.717) is 16.9 Å². The monoisotopic (exact) mass is 332 g/mol. The number of imide groups is 1. The van der Waals surface area contributed by atoms with E-state index in [1.807, 2.05) is 6.07 Å². The zero-order valence-corrected chi connectivity index (χ0v) is 12.9. The minimum atomic E-state index is -0.429. The van der Waals surface area contributed by atoms with Crippen LogP contribution in [0.5, 0.6) is 0 Å². The van der Waals surface area contributed by atoms with Gasteiger partial charge in [0.05, 0.1) is 23.1 Å². The third-order valence-electron chi connectivity index (χ3n) is 3.90. The fraction of sp³-hybridized carbons (Fsp3) is 0. The molecule has 0 aliphatic carbocycles. The molecule has 0 bridgehead atoms. The highest BCUT2D eigenvalue weighted by atomic mass is 16.3. The smallest absolute Gasteiger partial charge is 0.291 e. The second-order valence-corrected chi connectivity index (χ2v) is 5.47. The van der Waals surface area contributed by atoms with Crippen LogP contribution >= 0.6 is 0 Å². The Kier molecular flexibility index (Phi) is 3.43. The van der Waals surface area contributed by atoms with Crippen molar-refractivity contribution < 1.29 is 18.8 Å². The van der Waals surface area contributed by atoms with Crippen LogP contribution in [0.1, 0.15) is 31.3 Å². The maximum atomic E-state index is 12.6. The summed E-state index contributed by atoms with van der Waals surface area (Å²) in [5, 5.41) is 2.65. The second-order valence-electron chi connectivity index (χ2n) is 5.47. The van der Waals surface area contributed by atoms with Gasteiger partial charge in [-0.2, -0.15) is 0 Å². The van der Waals surface area contributed by atoms with Gasteiger partial charge in [0, 0.05) is 5.69 Å². The van der Waals surface area contributed by atoms with Gasteiger partial charge in [0.2, 0.25) is 0 Å². The predicted octanol–water partition coefficient (Wildman–Crippen LogP) is 3.33. The molecule has 1 aromatic heterocycles. The van der Waals surface area contributed by atoms with Crippen LogP contribution in [0, 0.1) is 0 Å². The summed E-state index contributed by atoms with van der Waals surface area (Å²) in [6.45, 7) is 0. The van der Waals surface area contributed by atoms with Crippen LogP contribution < -0.4 is 10.2 Å². The molecule has 0 fully saturated rings. The number of nitrogens with one attached hydrogen (secondary N) is 1. The lowest BCUT2D eigenvalue weighted by Gasteiger charge is -2.13. The molecule has 3 aromatic rings. The Morgan fingerprint density at radius 2 is 1.64 bits per heavy atom. The summed E-state index contributed by atoms with van der Waals surface area (Å²) in [6, 6.07) is 16.5. The van der Waals surface area contributed by atoms with E-state index >= 15 is 0 Å². The molecule has 0 atom stereocenters. The van der Waals surface area contributed by atoms with Crippen molar-refractivity contribution in [3.05, 3.63) is 83.8 Å². The van der Waals surface area contributed by atoms with E-state index in [1.165, 1.54) is 24.5 Å². The topological polar surface area (TPSA) is 79.6 Å². The molecule has 4 rings (SSSR count). The Morgan fingerprint density at radius 3 is 2.36 bits per heavy atom. The number of fused-ring (bicyclic) bond motifs is 1. The second kappa shape index (κ2) is 5.76. The van der Waals surface area contributed by atoms with Crippen molar-refractivity contribution >= 4 is 29.1 Å². The molecule has 1 N–H and O–H groups in total. The molecule has 25 heavy (non-hydrogen) atoms. The molecule has 0 saturated carbocycles. The third kappa shape index (κ3) is 2.49. The number of rotatable bonds is 3. The molecule has 2 aromatic carbocycles. The Balaban J connectivity index is 1.65. The third-order valence-corrected chi connectivity index (χ3v) is 3.90. The van der Waals surface area contributed by atoms with E-state index < -0.39 is 11.8 Å².